The zero-order chi connectivity index (χ0) is 92.0. The first-order valence-corrected chi connectivity index (χ1v) is 49.5. The third kappa shape index (κ3) is 21.6. The number of carbonyl (C=O) groups is 8. The number of sulfonamides is 1. The van der Waals surface area contributed by atoms with Crippen LogP contribution in [0.2, 0.25) is 0 Å². The van der Waals surface area contributed by atoms with Gasteiger partial charge in [-0.3, -0.25) is 43.3 Å². The molecule has 128 heavy (non-hydrogen) atoms. The van der Waals surface area contributed by atoms with Crippen molar-refractivity contribution in [3.63, 3.8) is 0 Å². The molecule has 2 unspecified atom stereocenters. The number of hydrogen-bond donors (Lipinski definition) is 15. The third-order valence-electron chi connectivity index (χ3n) is 30.7. The van der Waals surface area contributed by atoms with Crippen LogP contribution in [-0.2, 0) is 57.9 Å². The first-order valence-electron chi connectivity index (χ1n) is 47.1. The van der Waals surface area contributed by atoms with E-state index in [-0.39, 0.29) is 158 Å². The molecular formula is C93H136Cl2N8O24S. The van der Waals surface area contributed by atoms with Gasteiger partial charge in [-0.15, -0.1) is 11.6 Å². The van der Waals surface area contributed by atoms with E-state index in [1.165, 1.54) is 28.6 Å². The fraction of sp³-hybridized carbons (Fsp3) is 0.763. The largest absolute Gasteiger partial charge is 0.512 e. The number of unbranched alkanes of at least 4 members (excludes halogenated alkanes) is 5. The monoisotopic (exact) mass is 1850 g/mol. The number of nitrogens with one attached hydrogen (secondary N) is 4. The smallest absolute Gasteiger partial charge is 0.245 e. The summed E-state index contributed by atoms with van der Waals surface area (Å²) in [4.78, 5) is 127. The maximum atomic E-state index is 16.9. The number of primary amides is 1. The number of aliphatic hydroxyl groups is 9. The van der Waals surface area contributed by atoms with E-state index in [1.807, 2.05) is 13.8 Å². The lowest BCUT2D eigenvalue weighted by Gasteiger charge is -2.54. The van der Waals surface area contributed by atoms with E-state index < -0.39 is 251 Å². The molecule has 1 aromatic rings. The molecule has 2 saturated heterocycles. The molecule has 0 aromatic heterocycles. The van der Waals surface area contributed by atoms with Gasteiger partial charge in [0.2, 0.25) is 45.3 Å². The number of carbonyl (C=O) groups excluding carboxylic acids is 8. The zero-order valence-corrected chi connectivity index (χ0v) is 76.6. The van der Waals surface area contributed by atoms with Crippen LogP contribution < -0.4 is 46.9 Å². The SMILES string of the molecule is CCCCCCCCS(=O)(=O)N1CCN(CC2=C(O)CC3C(C4=C[C@H](CC[C@H]4O)[C@H]4CC(=O)[C@@H]5NC(=O)[C@H](CC(N)=O)CC(=O)[C@H](NC(=O)[C@H](CC)CC(C)C)[C@H](O)[C@H]6C=C[C@@H](Oc7cc5cc(c7O[C@@H]5C[C@H](CO)[C@@H](O)[C@H](O)[C@H]5O[C@H]5C[C@](C)(N)[C@H](O)[C@H](C)O5)O[C@@H]5CC[C@@H](C=C5Cl)[C@@H](O)[C@H](NC4=O)C(=O)N[C@@H]3C(=O)CC3C4CC5CC(C4)CC3C5)[C@H](Cl)C6)[C@H]2O)C1. The Morgan fingerprint density at radius 3 is 2.12 bits per heavy atom. The van der Waals surface area contributed by atoms with Gasteiger partial charge in [0, 0.05) is 111 Å². The van der Waals surface area contributed by atoms with E-state index in [0.29, 0.717) is 31.1 Å². The molecule has 0 spiro atoms. The zero-order valence-electron chi connectivity index (χ0n) is 74.3. The fourth-order valence-corrected chi connectivity index (χ4v) is 26.0. The summed E-state index contributed by atoms with van der Waals surface area (Å²) in [5.41, 5.74) is 11.3. The highest BCUT2D eigenvalue weighted by Crippen LogP contribution is 2.59. The summed E-state index contributed by atoms with van der Waals surface area (Å²) < 4.78 is 63.5. The Labute approximate surface area is 759 Å². The molecule has 1 aromatic carbocycles. The number of alkyl halides is 1. The number of benzene rings is 1. The third-order valence-corrected chi connectivity index (χ3v) is 33.4. The lowest BCUT2D eigenvalue weighted by Crippen LogP contribution is -2.63. The summed E-state index contributed by atoms with van der Waals surface area (Å²) in [6.07, 6.45) is -6.48. The number of halogens is 2. The Kier molecular flexibility index (Phi) is 31.5. The second-order valence-corrected chi connectivity index (χ2v) is 43.4. The van der Waals surface area contributed by atoms with E-state index in [1.54, 1.807) is 37.8 Å². The number of ketones is 3. The number of nitrogens with zero attached hydrogens (tertiary/aromatic N) is 2. The van der Waals surface area contributed by atoms with Gasteiger partial charge in [-0.05, 0) is 175 Å². The highest BCUT2D eigenvalue weighted by atomic mass is 35.5. The minimum absolute atomic E-state index is 0.00741. The number of rotatable bonds is 25. The molecule has 35 heteroatoms. The van der Waals surface area contributed by atoms with Crippen LogP contribution in [0, 0.1) is 88.8 Å². The molecule has 16 aliphatic rings. The van der Waals surface area contributed by atoms with Crippen LogP contribution in [0.5, 0.6) is 17.2 Å². The number of aliphatic hydroxyl groups excluding tert-OH is 9. The Morgan fingerprint density at radius 2 is 1.46 bits per heavy atom. The molecule has 28 atom stereocenters. The number of nitrogens with two attached hydrogens (primary N) is 2. The van der Waals surface area contributed by atoms with Crippen LogP contribution in [0.1, 0.15) is 214 Å². The summed E-state index contributed by atoms with van der Waals surface area (Å²) >= 11 is 15.0. The average molecular weight is 1850 g/mol. The highest BCUT2D eigenvalue weighted by molar-refractivity contribution is 7.89. The molecule has 7 aliphatic heterocycles. The molecule has 7 heterocycles. The van der Waals surface area contributed by atoms with Gasteiger partial charge in [-0.2, -0.15) is 4.31 Å². The second-order valence-electron chi connectivity index (χ2n) is 40.4. The van der Waals surface area contributed by atoms with Crippen molar-refractivity contribution in [1.29, 1.82) is 0 Å². The average Bonchev–Trinajstić information content (AvgIpc) is 0.854. The first-order chi connectivity index (χ1) is 60.8. The van der Waals surface area contributed by atoms with Gasteiger partial charge in [0.05, 0.1) is 89.2 Å². The molecule has 17 rings (SSSR count). The lowest BCUT2D eigenvalue weighted by molar-refractivity contribution is -0.286. The Morgan fingerprint density at radius 1 is 0.766 bits per heavy atom. The fourth-order valence-electron chi connectivity index (χ4n) is 23.8. The Balaban J connectivity index is 0.920. The number of Topliss-reactive ketones (excluding diaryl/α,β-unsaturated/α-hetero) is 3. The summed E-state index contributed by atoms with van der Waals surface area (Å²) in [6.45, 7) is 10.3. The van der Waals surface area contributed by atoms with Crippen LogP contribution >= 0.6 is 23.2 Å². The number of amides is 5. The first kappa shape index (κ1) is 97.8. The van der Waals surface area contributed by atoms with Gasteiger partial charge in [0.25, 0.3) is 0 Å². The van der Waals surface area contributed by atoms with Gasteiger partial charge in [0.15, 0.2) is 35.1 Å². The van der Waals surface area contributed by atoms with Crippen LogP contribution in [0.4, 0.5) is 0 Å². The summed E-state index contributed by atoms with van der Waals surface area (Å²) in [7, 11) is -3.76. The predicted octanol–water partition coefficient (Wildman–Crippen LogP) is 5.25. The van der Waals surface area contributed by atoms with Crippen LogP contribution in [0.3, 0.4) is 0 Å². The quantitative estimate of drug-likeness (QED) is 0.0337. The van der Waals surface area contributed by atoms with Gasteiger partial charge in [0.1, 0.15) is 48.6 Å². The summed E-state index contributed by atoms with van der Waals surface area (Å²) in [6, 6.07) is -4.77. The predicted molar refractivity (Wildman–Crippen MR) is 469 cm³/mol. The maximum Gasteiger partial charge on any atom is 0.245 e. The molecular weight excluding hydrogens is 1720 g/mol. The normalized spacial score (nSPS) is 39.9. The molecule has 5 amide bonds. The standard InChI is InChI=1S/C93H136Cl2N8O24S/c1-7-9-10-11-12-13-22-128(121,122)103-21-20-102(43-103)41-61-65(106)39-60-76(84(61)114)59-29-49(14-17-64(59)105)58-38-67(108)77-54-33-71(124-69-18-15-50(30-62(69)94)81(111)79(100-89(117)48(8-2)23-44(3)4)66(107)32-55(36-74(96)110)90(118)98-77)86(126-73-35-56(42-104)83(113)85(115)87(73)127-75-40-93(6,97)88(116)45(5)123-75)72(34-54)125-70-19-16-51(31-63(70)95)82(112)80(101-91(58)119)92(120)99-78(60)68(109)37-57-52-25-46-24-47(27-52)28-53(57)26-46/h15,18,29,31,33-34,44-53,55-58,60,62,64,69-70,73,75-85,87-88,104-106,111-116H,7-14,16-17,19-28,30,32,35-43,97H2,1-6H3,(H2,96,110)(H,98,118)(H,99,120)(H,100,117)(H,101,119)/t45-,46?,47?,48+,49-,50-,51-,52?,53?,55-,56+,57?,58+,60?,62+,64+,69+,70+,73+,75-,76?,77+,78-,79-,80-,81+,82+,83+,84-,85-,87-,88+,93-/m0/s1. The van der Waals surface area contributed by atoms with E-state index in [2.05, 4.69) is 28.2 Å². The van der Waals surface area contributed by atoms with E-state index in [4.69, 9.17) is 58.4 Å². The van der Waals surface area contributed by atoms with E-state index in [0.717, 1.165) is 64.2 Å². The molecule has 712 valence electrons. The van der Waals surface area contributed by atoms with E-state index in [9.17, 15) is 64.0 Å². The molecule has 0 radical (unpaired) electrons. The molecule has 32 nitrogen and oxygen atoms in total. The van der Waals surface area contributed by atoms with Crippen molar-refractivity contribution in [2.75, 3.05) is 38.7 Å². The molecule has 17 N–H and O–H groups in total. The van der Waals surface area contributed by atoms with Gasteiger partial charge < -0.3 is 102 Å². The van der Waals surface area contributed by atoms with Crippen molar-refractivity contribution < 1.29 is 116 Å². The van der Waals surface area contributed by atoms with Crippen molar-refractivity contribution in [3.8, 4) is 17.2 Å². The van der Waals surface area contributed by atoms with Crippen molar-refractivity contribution in [3.05, 3.63) is 63.9 Å². The molecule has 9 aliphatic carbocycles. The highest BCUT2D eigenvalue weighted by Gasteiger charge is 2.57. The maximum absolute atomic E-state index is 16.9. The minimum Gasteiger partial charge on any atom is -0.512 e. The molecule has 15 bridgehead atoms. The Bertz CT molecular complexity index is 4450. The second kappa shape index (κ2) is 41.3. The van der Waals surface area contributed by atoms with Crippen LogP contribution in [-0.4, -0.2) is 258 Å². The number of allylic oxidation sites excluding steroid dienone is 2. The van der Waals surface area contributed by atoms with Gasteiger partial charge >= 0.3 is 0 Å². The summed E-state index contributed by atoms with van der Waals surface area (Å²) in [5.74, 6) is -18.4. The number of fused-ring (bicyclic) bond motifs is 12. The van der Waals surface area contributed by atoms with Crippen molar-refractivity contribution in [1.82, 2.24) is 30.5 Å². The van der Waals surface area contributed by atoms with Crippen LogP contribution in [0.25, 0.3) is 0 Å². The van der Waals surface area contributed by atoms with E-state index >= 15 is 28.8 Å². The van der Waals surface area contributed by atoms with Crippen molar-refractivity contribution in [2.24, 2.45) is 100 Å². The molecule has 7 fully saturated rings. The van der Waals surface area contributed by atoms with Gasteiger partial charge in [-0.1, -0.05) is 89.6 Å². The van der Waals surface area contributed by atoms with Crippen molar-refractivity contribution in [2.45, 2.75) is 317 Å². The number of ether oxygens (including phenoxy) is 5. The topological polar surface area (TPSA) is 506 Å². The molecule has 5 saturated carbocycles. The Hall–Kier alpha value is -6.25. The lowest BCUT2D eigenvalue weighted by atomic mass is 9.51. The minimum atomic E-state index is -3.76. The summed E-state index contributed by atoms with van der Waals surface area (Å²) in [5, 5.41) is 122. The van der Waals surface area contributed by atoms with Crippen LogP contribution in [0.15, 0.2) is 58.4 Å². The van der Waals surface area contributed by atoms with Crippen molar-refractivity contribution >= 4 is 80.1 Å². The van der Waals surface area contributed by atoms with Gasteiger partial charge in [-0.25, -0.2) is 8.42 Å². The number of hydrogen-bond acceptors (Lipinski definition) is 26.